The van der Waals surface area contributed by atoms with E-state index in [1.165, 1.54) is 13.1 Å². The number of halogens is 4. The van der Waals surface area contributed by atoms with Gasteiger partial charge in [0.2, 0.25) is 0 Å². The van der Waals surface area contributed by atoms with Gasteiger partial charge in [0.25, 0.3) is 0 Å². The normalized spacial score (nSPS) is 15.6. The number of aliphatic hydroxyl groups is 1. The molecule has 0 aliphatic heterocycles. The van der Waals surface area contributed by atoms with Crippen molar-refractivity contribution in [3.63, 3.8) is 0 Å². The summed E-state index contributed by atoms with van der Waals surface area (Å²) in [6.07, 6.45) is -2.26. The fourth-order valence-electron chi connectivity index (χ4n) is 1.26. The van der Waals surface area contributed by atoms with Gasteiger partial charge in [0, 0.05) is 6.20 Å². The Morgan fingerprint density at radius 3 is 2.47 bits per heavy atom. The third-order valence-electron chi connectivity index (χ3n) is 2.34. The maximum Gasteiger partial charge on any atom is 0.401 e. The van der Waals surface area contributed by atoms with Crippen molar-refractivity contribution >= 4 is 0 Å². The monoisotopic (exact) mass is 252 g/mol. The van der Waals surface area contributed by atoms with Crippen LogP contribution in [-0.4, -0.2) is 29.4 Å². The Labute approximate surface area is 95.5 Å². The Kier molecular flexibility index (Phi) is 4.05. The van der Waals surface area contributed by atoms with E-state index in [-0.39, 0.29) is 5.56 Å². The van der Waals surface area contributed by atoms with Gasteiger partial charge in [0.1, 0.15) is 5.82 Å². The zero-order valence-corrected chi connectivity index (χ0v) is 9.05. The average Bonchev–Trinajstić information content (AvgIpc) is 2.25. The Morgan fingerprint density at radius 2 is 2.00 bits per heavy atom. The lowest BCUT2D eigenvalue weighted by atomic mass is 9.94. The highest BCUT2D eigenvalue weighted by Gasteiger charge is 2.33. The van der Waals surface area contributed by atoms with Gasteiger partial charge in [-0.05, 0) is 18.6 Å². The Hall–Kier alpha value is -1.21. The van der Waals surface area contributed by atoms with Gasteiger partial charge in [-0.2, -0.15) is 13.2 Å². The predicted molar refractivity (Wildman–Crippen MR) is 52.7 cm³/mol. The van der Waals surface area contributed by atoms with Gasteiger partial charge >= 0.3 is 6.18 Å². The molecule has 0 amide bonds. The fourth-order valence-corrected chi connectivity index (χ4v) is 1.26. The second kappa shape index (κ2) is 4.97. The fraction of sp³-hybridized carbons (Fsp3) is 0.500. The minimum Gasteiger partial charge on any atom is -0.394 e. The second-order valence-electron chi connectivity index (χ2n) is 3.85. The molecule has 0 bridgehead atoms. The predicted octanol–water partition coefficient (Wildman–Crippen LogP) is 1.58. The molecule has 1 aromatic heterocycles. The van der Waals surface area contributed by atoms with E-state index in [9.17, 15) is 17.6 Å². The van der Waals surface area contributed by atoms with Crippen molar-refractivity contribution in [3.8, 4) is 0 Å². The van der Waals surface area contributed by atoms with E-state index < -0.39 is 30.7 Å². The molecule has 0 radical (unpaired) electrons. The molecular formula is C10H12F4N2O. The topological polar surface area (TPSA) is 45.1 Å². The first kappa shape index (κ1) is 13.9. The summed E-state index contributed by atoms with van der Waals surface area (Å²) in [5.74, 6) is -0.670. The zero-order chi connectivity index (χ0) is 13.1. The van der Waals surface area contributed by atoms with Crippen LogP contribution in [0.5, 0.6) is 0 Å². The van der Waals surface area contributed by atoms with Gasteiger partial charge < -0.3 is 5.11 Å². The van der Waals surface area contributed by atoms with Crippen LogP contribution in [0.15, 0.2) is 18.5 Å². The van der Waals surface area contributed by atoms with Crippen molar-refractivity contribution in [1.29, 1.82) is 0 Å². The summed E-state index contributed by atoms with van der Waals surface area (Å²) in [6.45, 7) is -0.538. The molecule has 1 atom stereocenters. The highest BCUT2D eigenvalue weighted by Crippen LogP contribution is 2.22. The van der Waals surface area contributed by atoms with Crippen LogP contribution >= 0.6 is 0 Å². The van der Waals surface area contributed by atoms with E-state index in [2.05, 4.69) is 10.3 Å². The number of hydrogen-bond acceptors (Lipinski definition) is 3. The SMILES string of the molecule is CC(CO)(NCC(F)(F)F)c1cncc(F)c1. The van der Waals surface area contributed by atoms with E-state index in [1.807, 2.05) is 0 Å². The van der Waals surface area contributed by atoms with Gasteiger partial charge in [-0.1, -0.05) is 0 Å². The number of aliphatic hydroxyl groups excluding tert-OH is 1. The van der Waals surface area contributed by atoms with Crippen molar-refractivity contribution < 1.29 is 22.7 Å². The number of pyridine rings is 1. The summed E-state index contributed by atoms with van der Waals surface area (Å²) in [5.41, 5.74) is -1.23. The summed E-state index contributed by atoms with van der Waals surface area (Å²) in [7, 11) is 0. The molecule has 17 heavy (non-hydrogen) atoms. The van der Waals surface area contributed by atoms with E-state index >= 15 is 0 Å². The quantitative estimate of drug-likeness (QED) is 0.800. The summed E-state index contributed by atoms with van der Waals surface area (Å²) < 4.78 is 49.2. The molecule has 1 unspecified atom stereocenters. The zero-order valence-electron chi connectivity index (χ0n) is 9.05. The van der Waals surface area contributed by atoms with Crippen LogP contribution in [0.25, 0.3) is 0 Å². The molecular weight excluding hydrogens is 240 g/mol. The Bertz CT molecular complexity index is 383. The van der Waals surface area contributed by atoms with Crippen LogP contribution < -0.4 is 5.32 Å². The Balaban J connectivity index is 2.88. The number of hydrogen-bond donors (Lipinski definition) is 2. The third-order valence-corrected chi connectivity index (χ3v) is 2.34. The smallest absolute Gasteiger partial charge is 0.394 e. The van der Waals surface area contributed by atoms with Crippen molar-refractivity contribution in [2.24, 2.45) is 0 Å². The Morgan fingerprint density at radius 1 is 1.35 bits per heavy atom. The number of rotatable bonds is 4. The molecule has 1 rings (SSSR count). The standard InChI is InChI=1S/C10H12F4N2O/c1-9(6-17,16-5-10(12,13)14)7-2-8(11)4-15-3-7/h2-4,16-17H,5-6H2,1H3. The molecule has 0 aliphatic rings. The molecule has 0 fully saturated rings. The second-order valence-corrected chi connectivity index (χ2v) is 3.85. The molecule has 0 saturated heterocycles. The molecule has 0 aliphatic carbocycles. The highest BCUT2D eigenvalue weighted by molar-refractivity contribution is 5.20. The van der Waals surface area contributed by atoms with E-state index in [0.29, 0.717) is 0 Å². The maximum atomic E-state index is 12.9. The van der Waals surface area contributed by atoms with Crippen molar-refractivity contribution in [2.45, 2.75) is 18.6 Å². The highest BCUT2D eigenvalue weighted by atomic mass is 19.4. The number of nitrogens with zero attached hydrogens (tertiary/aromatic N) is 1. The first-order chi connectivity index (χ1) is 7.77. The van der Waals surface area contributed by atoms with Gasteiger partial charge in [0.05, 0.1) is 24.9 Å². The van der Waals surface area contributed by atoms with Crippen LogP contribution in [-0.2, 0) is 5.54 Å². The van der Waals surface area contributed by atoms with Crippen molar-refractivity contribution in [1.82, 2.24) is 10.3 Å². The lowest BCUT2D eigenvalue weighted by Crippen LogP contribution is -2.47. The lowest BCUT2D eigenvalue weighted by Gasteiger charge is -2.29. The van der Waals surface area contributed by atoms with Gasteiger partial charge in [-0.15, -0.1) is 0 Å². The molecule has 1 heterocycles. The number of nitrogens with one attached hydrogen (secondary N) is 1. The minimum atomic E-state index is -4.41. The van der Waals surface area contributed by atoms with Gasteiger partial charge in [-0.25, -0.2) is 4.39 Å². The van der Waals surface area contributed by atoms with Crippen molar-refractivity contribution in [3.05, 3.63) is 29.8 Å². The molecule has 2 N–H and O–H groups in total. The summed E-state index contributed by atoms with van der Waals surface area (Å²) >= 11 is 0. The van der Waals surface area contributed by atoms with Crippen LogP contribution in [0.3, 0.4) is 0 Å². The minimum absolute atomic E-state index is 0.157. The average molecular weight is 252 g/mol. The van der Waals surface area contributed by atoms with Gasteiger partial charge in [-0.3, -0.25) is 10.3 Å². The molecule has 1 aromatic rings. The van der Waals surface area contributed by atoms with Crippen LogP contribution in [0, 0.1) is 5.82 Å². The largest absolute Gasteiger partial charge is 0.401 e. The first-order valence-electron chi connectivity index (χ1n) is 4.80. The lowest BCUT2D eigenvalue weighted by molar-refractivity contribution is -0.129. The number of aromatic nitrogens is 1. The molecule has 0 aromatic carbocycles. The molecule has 0 spiro atoms. The van der Waals surface area contributed by atoms with Crippen molar-refractivity contribution in [2.75, 3.05) is 13.2 Å². The third kappa shape index (κ3) is 3.94. The summed E-state index contributed by atoms with van der Waals surface area (Å²) in [6, 6.07) is 1.03. The van der Waals surface area contributed by atoms with Crippen LogP contribution in [0.2, 0.25) is 0 Å². The van der Waals surface area contributed by atoms with Crippen LogP contribution in [0.1, 0.15) is 12.5 Å². The van der Waals surface area contributed by atoms with Crippen LogP contribution in [0.4, 0.5) is 17.6 Å². The first-order valence-corrected chi connectivity index (χ1v) is 4.80. The number of alkyl halides is 3. The molecule has 7 heteroatoms. The molecule has 0 saturated carbocycles. The van der Waals surface area contributed by atoms with Gasteiger partial charge in [0.15, 0.2) is 0 Å². The summed E-state index contributed by atoms with van der Waals surface area (Å²) in [4.78, 5) is 3.54. The summed E-state index contributed by atoms with van der Waals surface area (Å²) in [5, 5.41) is 11.3. The maximum absolute atomic E-state index is 12.9. The molecule has 3 nitrogen and oxygen atoms in total. The molecule has 96 valence electrons. The van der Waals surface area contributed by atoms with E-state index in [1.54, 1.807) is 0 Å². The van der Waals surface area contributed by atoms with E-state index in [0.717, 1.165) is 12.3 Å². The van der Waals surface area contributed by atoms with E-state index in [4.69, 9.17) is 5.11 Å².